The molecule has 0 aliphatic carbocycles. The van der Waals surface area contributed by atoms with E-state index in [1.807, 2.05) is 0 Å². The highest BCUT2D eigenvalue weighted by atomic mass is 127. The number of carbonyl (C=O) groups excluding carboxylic acids is 1. The summed E-state index contributed by atoms with van der Waals surface area (Å²) in [6.45, 7) is 7.67. The van der Waals surface area contributed by atoms with Gasteiger partial charge in [-0.2, -0.15) is 18.3 Å². The maximum atomic E-state index is 13.5. The summed E-state index contributed by atoms with van der Waals surface area (Å²) < 4.78 is 61.3. The highest BCUT2D eigenvalue weighted by Gasteiger charge is 2.37. The molecular weight excluding hydrogens is 548 g/mol. The standard InChI is InChI=1S/C20H23F4IN3O2P/c1-11(13-6-5-12(21)9-15(13)20(22,23)24)17-14-7-8-27(18(29)30-19(2,3)4)10-16(14)28(26-17)31-25/h5-6,9,11,31H,7-8,10H2,1-4H3. The molecule has 0 fully saturated rings. The van der Waals surface area contributed by atoms with E-state index in [2.05, 4.69) is 27.1 Å². The van der Waals surface area contributed by atoms with Crippen LogP contribution >= 0.6 is 28.4 Å². The van der Waals surface area contributed by atoms with E-state index in [1.54, 1.807) is 37.0 Å². The molecule has 0 radical (unpaired) electrons. The van der Waals surface area contributed by atoms with E-state index in [1.165, 1.54) is 6.07 Å². The van der Waals surface area contributed by atoms with Gasteiger partial charge >= 0.3 is 12.3 Å². The number of alkyl halides is 3. The van der Waals surface area contributed by atoms with Crippen molar-refractivity contribution in [3.8, 4) is 0 Å². The van der Waals surface area contributed by atoms with Crippen molar-refractivity contribution in [3.05, 3.63) is 52.1 Å². The number of amides is 1. The Morgan fingerprint density at radius 1 is 1.29 bits per heavy atom. The Morgan fingerprint density at radius 3 is 2.55 bits per heavy atom. The number of fused-ring (bicyclic) bond motifs is 1. The molecule has 11 heteroatoms. The first-order valence-corrected chi connectivity index (χ1v) is 13.7. The quantitative estimate of drug-likeness (QED) is 0.248. The predicted octanol–water partition coefficient (Wildman–Crippen LogP) is 6.28. The smallest absolute Gasteiger partial charge is 0.416 e. The van der Waals surface area contributed by atoms with Crippen LogP contribution in [0, 0.1) is 5.82 Å². The van der Waals surface area contributed by atoms with Gasteiger partial charge in [0.05, 0.1) is 29.9 Å². The number of hydrogen-bond acceptors (Lipinski definition) is 3. The molecule has 2 atom stereocenters. The molecule has 0 saturated heterocycles. The maximum Gasteiger partial charge on any atom is 0.416 e. The number of aromatic nitrogens is 2. The van der Waals surface area contributed by atoms with Crippen LogP contribution in [0.15, 0.2) is 18.2 Å². The molecular formula is C20H23F4IN3O2P. The second kappa shape index (κ2) is 8.84. The third kappa shape index (κ3) is 5.32. The van der Waals surface area contributed by atoms with Gasteiger partial charge in [-0.3, -0.25) is 0 Å². The Balaban J connectivity index is 1.97. The lowest BCUT2D eigenvalue weighted by molar-refractivity contribution is -0.138. The minimum atomic E-state index is -4.67. The Morgan fingerprint density at radius 2 is 1.97 bits per heavy atom. The highest BCUT2D eigenvalue weighted by molar-refractivity contribution is 14.2. The van der Waals surface area contributed by atoms with Crippen molar-refractivity contribution >= 4 is 34.5 Å². The third-order valence-corrected chi connectivity index (χ3v) is 6.92. The van der Waals surface area contributed by atoms with Gasteiger partial charge in [-0.05, 0) is 66.9 Å². The molecule has 170 valence electrons. The molecule has 2 unspecified atom stereocenters. The van der Waals surface area contributed by atoms with E-state index < -0.39 is 35.2 Å². The van der Waals surface area contributed by atoms with Crippen molar-refractivity contribution < 1.29 is 27.1 Å². The molecule has 2 aromatic rings. The van der Waals surface area contributed by atoms with Gasteiger partial charge in [0.2, 0.25) is 0 Å². The average molecular weight is 571 g/mol. The number of hydrogen-bond donors (Lipinski definition) is 0. The molecule has 0 saturated carbocycles. The van der Waals surface area contributed by atoms with Crippen molar-refractivity contribution in [2.24, 2.45) is 0 Å². The fourth-order valence-electron chi connectivity index (χ4n) is 3.64. The molecule has 1 aliphatic heterocycles. The minimum absolute atomic E-state index is 0.0206. The number of nitrogens with zero attached hydrogens (tertiary/aromatic N) is 3. The second-order valence-corrected chi connectivity index (χ2v) is 10.4. The lowest BCUT2D eigenvalue weighted by atomic mass is 9.89. The van der Waals surface area contributed by atoms with Crippen LogP contribution in [-0.2, 0) is 23.9 Å². The number of rotatable bonds is 3. The van der Waals surface area contributed by atoms with Gasteiger partial charge in [-0.1, -0.05) is 13.0 Å². The SMILES string of the molecule is CC(c1ccc(F)cc1C(F)(F)F)c1nn(PI)c2c1CCN(C(=O)OC(C)(C)C)C2. The average Bonchev–Trinajstić information content (AvgIpc) is 3.03. The molecule has 2 heterocycles. The summed E-state index contributed by atoms with van der Waals surface area (Å²) in [5, 5.41) is 4.58. The van der Waals surface area contributed by atoms with Crippen molar-refractivity contribution in [1.29, 1.82) is 0 Å². The Kier molecular flexibility index (Phi) is 6.91. The minimum Gasteiger partial charge on any atom is -0.444 e. The summed E-state index contributed by atoms with van der Waals surface area (Å²) in [5.41, 5.74) is 0.523. The lowest BCUT2D eigenvalue weighted by Gasteiger charge is -2.30. The van der Waals surface area contributed by atoms with Crippen molar-refractivity contribution in [1.82, 2.24) is 14.5 Å². The van der Waals surface area contributed by atoms with Crippen LogP contribution in [0.3, 0.4) is 0 Å². The monoisotopic (exact) mass is 571 g/mol. The summed E-state index contributed by atoms with van der Waals surface area (Å²) in [6, 6.07) is 2.74. The molecule has 1 aromatic heterocycles. The fraction of sp³-hybridized carbons (Fsp3) is 0.500. The van der Waals surface area contributed by atoms with E-state index in [4.69, 9.17) is 4.74 Å². The highest BCUT2D eigenvalue weighted by Crippen LogP contribution is 2.41. The molecule has 1 aliphatic rings. The molecule has 31 heavy (non-hydrogen) atoms. The molecule has 1 amide bonds. The first-order valence-electron chi connectivity index (χ1n) is 9.63. The largest absolute Gasteiger partial charge is 0.444 e. The second-order valence-electron chi connectivity index (χ2n) is 8.41. The fourth-order valence-corrected chi connectivity index (χ4v) is 5.29. The van der Waals surface area contributed by atoms with Crippen LogP contribution in [0.2, 0.25) is 0 Å². The predicted molar refractivity (Wildman–Crippen MR) is 119 cm³/mol. The van der Waals surface area contributed by atoms with E-state index in [0.29, 0.717) is 24.7 Å². The molecule has 3 rings (SSSR count). The first-order chi connectivity index (χ1) is 14.3. The molecule has 1 aromatic carbocycles. The van der Waals surface area contributed by atoms with E-state index in [-0.39, 0.29) is 18.5 Å². The summed E-state index contributed by atoms with van der Waals surface area (Å²) in [5.74, 6) is -1.62. The van der Waals surface area contributed by atoms with Gasteiger partial charge in [-0.25, -0.2) is 13.6 Å². The van der Waals surface area contributed by atoms with Gasteiger partial charge in [0.15, 0.2) is 0 Å². The number of carbonyl (C=O) groups is 1. The van der Waals surface area contributed by atoms with Crippen LogP contribution in [-0.4, -0.2) is 32.7 Å². The lowest BCUT2D eigenvalue weighted by Crippen LogP contribution is -2.40. The van der Waals surface area contributed by atoms with Crippen LogP contribution in [0.25, 0.3) is 0 Å². The van der Waals surface area contributed by atoms with Gasteiger partial charge in [0.25, 0.3) is 0 Å². The third-order valence-electron chi connectivity index (χ3n) is 5.02. The zero-order chi connectivity index (χ0) is 23.1. The normalized spacial score (nSPS) is 16.0. The Labute approximate surface area is 192 Å². The molecule has 0 N–H and O–H groups in total. The van der Waals surface area contributed by atoms with Crippen LogP contribution in [0.1, 0.15) is 61.7 Å². The van der Waals surface area contributed by atoms with Crippen LogP contribution in [0.4, 0.5) is 22.4 Å². The summed E-state index contributed by atoms with van der Waals surface area (Å²) in [7, 11) is 0. The number of ether oxygens (including phenoxy) is 1. The van der Waals surface area contributed by atoms with Gasteiger partial charge in [-0.15, -0.1) is 0 Å². The van der Waals surface area contributed by atoms with E-state index in [0.717, 1.165) is 17.3 Å². The summed E-state index contributed by atoms with van der Waals surface area (Å²) >= 11 is 2.15. The number of benzene rings is 1. The maximum absolute atomic E-state index is 13.5. The Bertz CT molecular complexity index is 988. The molecule has 0 bridgehead atoms. The van der Waals surface area contributed by atoms with Gasteiger partial charge in [0.1, 0.15) is 11.4 Å². The zero-order valence-electron chi connectivity index (χ0n) is 17.5. The van der Waals surface area contributed by atoms with Crippen molar-refractivity contribution in [3.63, 3.8) is 0 Å². The molecule has 5 nitrogen and oxygen atoms in total. The summed E-state index contributed by atoms with van der Waals surface area (Å²) in [4.78, 5) is 14.1. The van der Waals surface area contributed by atoms with Gasteiger partial charge < -0.3 is 9.64 Å². The zero-order valence-corrected chi connectivity index (χ0v) is 20.6. The molecule has 0 spiro atoms. The van der Waals surface area contributed by atoms with Gasteiger partial charge in [0, 0.05) is 18.0 Å². The first kappa shape index (κ1) is 24.2. The van der Waals surface area contributed by atoms with Crippen LogP contribution < -0.4 is 0 Å². The van der Waals surface area contributed by atoms with E-state index in [9.17, 15) is 22.4 Å². The van der Waals surface area contributed by atoms with Crippen LogP contribution in [0.5, 0.6) is 0 Å². The Hall–Kier alpha value is -1.42. The van der Waals surface area contributed by atoms with Crippen molar-refractivity contribution in [2.75, 3.05) is 6.54 Å². The van der Waals surface area contributed by atoms with E-state index >= 15 is 0 Å². The van der Waals surface area contributed by atoms with Crippen molar-refractivity contribution in [2.45, 2.75) is 58.4 Å². The topological polar surface area (TPSA) is 47.4 Å². The number of halogens is 5. The summed E-state index contributed by atoms with van der Waals surface area (Å²) in [6.07, 6.45) is -4.44.